The van der Waals surface area contributed by atoms with E-state index < -0.39 is 79.3 Å². The normalized spacial score (nSPS) is 17.3. The molecule has 5 atom stereocenters. The first-order valence-electron chi connectivity index (χ1n) is 20.6. The molecule has 0 spiro atoms. The summed E-state index contributed by atoms with van der Waals surface area (Å²) in [7, 11) is -0.866. The summed E-state index contributed by atoms with van der Waals surface area (Å²) < 4.78 is 17.0. The number of esters is 1. The number of alkyl carbamates (subject to hydrolysis) is 1. The van der Waals surface area contributed by atoms with Crippen LogP contribution in [-0.2, 0) is 41.5 Å². The number of amides is 4. The number of nitrogens with zero attached hydrogens (tertiary/aromatic N) is 4. The maximum atomic E-state index is 14.4. The van der Waals surface area contributed by atoms with Crippen LogP contribution in [0.3, 0.4) is 0 Å². The SMILES string of the molecule is COC(=O)[C@H](Cc1ccc(O[Si](C)(C)C(C)(C)C)cc1)NC(=O)[C@H](Cc1ccc2ccccc2c1)NC(=O)[C@@H]1C[C@H](N=[N+]=[N-])CN1C(=O)[C@@H](NC(=O)OC(C)(C)C)C(C)(C)C. The van der Waals surface area contributed by atoms with Crippen molar-refractivity contribution >= 4 is 48.9 Å². The summed E-state index contributed by atoms with van der Waals surface area (Å²) in [5.74, 6) is -1.89. The molecule has 1 saturated heterocycles. The van der Waals surface area contributed by atoms with E-state index >= 15 is 0 Å². The number of benzene rings is 3. The van der Waals surface area contributed by atoms with Gasteiger partial charge in [0.1, 0.15) is 35.5 Å². The fourth-order valence-corrected chi connectivity index (χ4v) is 7.80. The summed E-state index contributed by atoms with van der Waals surface area (Å²) in [5, 5.41) is 14.1. The van der Waals surface area contributed by atoms with E-state index in [9.17, 15) is 29.5 Å². The van der Waals surface area contributed by atoms with E-state index in [0.717, 1.165) is 21.9 Å². The Labute approximate surface area is 360 Å². The van der Waals surface area contributed by atoms with Crippen LogP contribution in [-0.4, -0.2) is 92.5 Å². The average molecular weight is 858 g/mol. The van der Waals surface area contributed by atoms with E-state index in [0.29, 0.717) is 5.75 Å². The predicted octanol–water partition coefficient (Wildman–Crippen LogP) is 7.37. The monoisotopic (exact) mass is 857 g/mol. The molecule has 3 aromatic carbocycles. The van der Waals surface area contributed by atoms with Gasteiger partial charge >= 0.3 is 12.1 Å². The quantitative estimate of drug-likeness (QED) is 0.0490. The molecule has 0 aliphatic carbocycles. The van der Waals surface area contributed by atoms with Crippen LogP contribution in [0.5, 0.6) is 5.75 Å². The van der Waals surface area contributed by atoms with Crippen LogP contribution in [0.1, 0.15) is 79.9 Å². The summed E-state index contributed by atoms with van der Waals surface area (Å²) in [6, 6.07) is 15.4. The number of methoxy groups -OCH3 is 1. The van der Waals surface area contributed by atoms with Gasteiger partial charge in [-0.3, -0.25) is 14.4 Å². The second-order valence-corrected chi connectivity index (χ2v) is 24.0. The molecule has 0 aromatic heterocycles. The highest BCUT2D eigenvalue weighted by Gasteiger charge is 2.46. The van der Waals surface area contributed by atoms with Crippen LogP contribution in [0.2, 0.25) is 18.1 Å². The van der Waals surface area contributed by atoms with Gasteiger partial charge in [0.15, 0.2) is 0 Å². The van der Waals surface area contributed by atoms with Crippen molar-refractivity contribution in [3.05, 3.63) is 88.3 Å². The summed E-state index contributed by atoms with van der Waals surface area (Å²) in [6.07, 6.45) is -0.723. The lowest BCUT2D eigenvalue weighted by atomic mass is 9.85. The molecule has 1 aliphatic heterocycles. The summed E-state index contributed by atoms with van der Waals surface area (Å²) in [6.45, 7) is 21.1. The first-order valence-corrected chi connectivity index (χ1v) is 23.5. The number of hydrogen-bond donors (Lipinski definition) is 3. The van der Waals surface area contributed by atoms with Crippen LogP contribution >= 0.6 is 0 Å². The third-order valence-electron chi connectivity index (χ3n) is 11.1. The standard InChI is InChI=1S/C45H63N7O8Si/c1-43(2,3)37(49-42(57)59-44(4,5)6)40(55)52-27-32(50-51-46)26-36(52)39(54)47-34(25-29-17-20-30-15-13-14-16-31(30)23-29)38(53)48-35(41(56)58-10)24-28-18-21-33(22-19-28)60-61(11,12)45(7,8)9/h13-23,32,34-37H,24-27H2,1-12H3,(H,47,54)(H,48,53)(H,49,57)/t32-,34-,35-,36-,37+/m0/s1. The van der Waals surface area contributed by atoms with E-state index in [1.807, 2.05) is 66.7 Å². The average Bonchev–Trinajstić information content (AvgIpc) is 3.59. The number of azide groups is 1. The molecule has 16 heteroatoms. The topological polar surface area (TPSA) is 201 Å². The van der Waals surface area contributed by atoms with Crippen LogP contribution < -0.4 is 20.4 Å². The van der Waals surface area contributed by atoms with Gasteiger partial charge in [0.25, 0.3) is 0 Å². The molecule has 330 valence electrons. The van der Waals surface area contributed by atoms with Crippen LogP contribution in [0.25, 0.3) is 21.2 Å². The number of carbonyl (C=O) groups excluding carboxylic acids is 5. The summed E-state index contributed by atoms with van der Waals surface area (Å²) in [5.41, 5.74) is 9.13. The van der Waals surface area contributed by atoms with Crippen molar-refractivity contribution in [1.82, 2.24) is 20.9 Å². The molecule has 1 fully saturated rings. The predicted molar refractivity (Wildman–Crippen MR) is 237 cm³/mol. The molecular formula is C45H63N7O8Si. The van der Waals surface area contributed by atoms with Gasteiger partial charge in [0.2, 0.25) is 26.0 Å². The van der Waals surface area contributed by atoms with E-state index in [1.165, 1.54) is 12.0 Å². The van der Waals surface area contributed by atoms with E-state index in [1.54, 1.807) is 41.5 Å². The fourth-order valence-electron chi connectivity index (χ4n) is 6.77. The number of nitrogens with one attached hydrogen (secondary N) is 3. The Morgan fingerprint density at radius 3 is 2.02 bits per heavy atom. The van der Waals surface area contributed by atoms with Gasteiger partial charge in [-0.15, -0.1) is 0 Å². The van der Waals surface area contributed by atoms with E-state index in [2.05, 4.69) is 59.8 Å². The molecule has 4 rings (SSSR count). The molecule has 3 N–H and O–H groups in total. The van der Waals surface area contributed by atoms with Crippen LogP contribution in [0.15, 0.2) is 71.8 Å². The number of carbonyl (C=O) groups is 5. The highest BCUT2D eigenvalue weighted by molar-refractivity contribution is 6.74. The van der Waals surface area contributed by atoms with Crippen molar-refractivity contribution in [2.75, 3.05) is 13.7 Å². The maximum absolute atomic E-state index is 14.4. The minimum absolute atomic E-state index is 0.00354. The van der Waals surface area contributed by atoms with Crippen molar-refractivity contribution in [3.8, 4) is 5.75 Å². The van der Waals surface area contributed by atoms with Gasteiger partial charge in [0.05, 0.1) is 13.2 Å². The molecule has 1 aliphatic rings. The van der Waals surface area contributed by atoms with Crippen molar-refractivity contribution in [3.63, 3.8) is 0 Å². The Balaban J connectivity index is 1.65. The van der Waals surface area contributed by atoms with Gasteiger partial charge < -0.3 is 34.8 Å². The van der Waals surface area contributed by atoms with Crippen molar-refractivity contribution in [1.29, 1.82) is 0 Å². The van der Waals surface area contributed by atoms with E-state index in [4.69, 9.17) is 13.9 Å². The minimum atomic E-state index is -2.10. The smallest absolute Gasteiger partial charge is 0.408 e. The Hall–Kier alpha value is -5.60. The lowest BCUT2D eigenvalue weighted by molar-refractivity contribution is -0.146. The highest BCUT2D eigenvalue weighted by atomic mass is 28.4. The lowest BCUT2D eigenvalue weighted by Crippen LogP contribution is -2.60. The maximum Gasteiger partial charge on any atom is 0.408 e. The molecule has 0 bridgehead atoms. The Morgan fingerprint density at radius 2 is 1.44 bits per heavy atom. The molecule has 0 unspecified atom stereocenters. The first kappa shape index (κ1) is 48.1. The van der Waals surface area contributed by atoms with Gasteiger partial charge in [0, 0.05) is 24.3 Å². The van der Waals surface area contributed by atoms with E-state index in [-0.39, 0.29) is 30.8 Å². The van der Waals surface area contributed by atoms with Crippen LogP contribution in [0, 0.1) is 5.41 Å². The third kappa shape index (κ3) is 13.2. The molecule has 15 nitrogen and oxygen atoms in total. The minimum Gasteiger partial charge on any atom is -0.544 e. The zero-order valence-electron chi connectivity index (χ0n) is 37.6. The molecule has 0 radical (unpaired) electrons. The Morgan fingerprint density at radius 1 is 0.836 bits per heavy atom. The number of fused-ring (bicyclic) bond motifs is 1. The fraction of sp³-hybridized carbons (Fsp3) is 0.533. The molecule has 61 heavy (non-hydrogen) atoms. The zero-order valence-corrected chi connectivity index (χ0v) is 38.6. The van der Waals surface area contributed by atoms with Gasteiger partial charge in [-0.05, 0) is 90.3 Å². The molecule has 0 saturated carbocycles. The second-order valence-electron chi connectivity index (χ2n) is 19.3. The van der Waals surface area contributed by atoms with Gasteiger partial charge in [-0.25, -0.2) is 9.59 Å². The summed E-state index contributed by atoms with van der Waals surface area (Å²) in [4.78, 5) is 73.5. The van der Waals surface area contributed by atoms with Gasteiger partial charge in [-0.1, -0.05) is 101 Å². The third-order valence-corrected chi connectivity index (χ3v) is 15.4. The number of likely N-dealkylation sites (tertiary alicyclic amines) is 1. The van der Waals surface area contributed by atoms with Crippen LogP contribution in [0.4, 0.5) is 4.79 Å². The Kier molecular flexibility index (Phi) is 15.3. The summed E-state index contributed by atoms with van der Waals surface area (Å²) >= 11 is 0. The first-order chi connectivity index (χ1) is 28.3. The molecular weight excluding hydrogens is 795 g/mol. The number of hydrogen-bond acceptors (Lipinski definition) is 9. The Bertz CT molecular complexity index is 2120. The lowest BCUT2D eigenvalue weighted by Gasteiger charge is -2.36. The zero-order chi connectivity index (χ0) is 45.5. The highest BCUT2D eigenvalue weighted by Crippen LogP contribution is 2.37. The van der Waals surface area contributed by atoms with Crippen molar-refractivity contribution < 1.29 is 37.9 Å². The van der Waals surface area contributed by atoms with Gasteiger partial charge in [-0.2, -0.15) is 0 Å². The van der Waals surface area contributed by atoms with Crippen molar-refractivity contribution in [2.45, 2.75) is 136 Å². The second kappa shape index (κ2) is 19.4. The largest absolute Gasteiger partial charge is 0.544 e. The molecule has 3 aromatic rings. The molecule has 4 amide bonds. The van der Waals surface area contributed by atoms with Crippen molar-refractivity contribution in [2.24, 2.45) is 10.5 Å². The molecule has 1 heterocycles. The number of rotatable bonds is 14. The number of ether oxygens (including phenoxy) is 2.